The van der Waals surface area contributed by atoms with Gasteiger partial charge in [-0.15, -0.1) is 0 Å². The Morgan fingerprint density at radius 2 is 2.25 bits per heavy atom. The molecule has 1 aromatic heterocycles. The number of aliphatic hydroxyl groups excluding tert-OH is 1. The highest BCUT2D eigenvalue weighted by Crippen LogP contribution is 2.34. The van der Waals surface area contributed by atoms with Crippen molar-refractivity contribution in [3.05, 3.63) is 53.2 Å². The number of aryl methyl sites for hydroxylation is 1. The lowest BCUT2D eigenvalue weighted by Gasteiger charge is -2.14. The first kappa shape index (κ1) is 16.4. The Labute approximate surface area is 140 Å². The summed E-state index contributed by atoms with van der Waals surface area (Å²) in [5.74, 6) is 0.644. The quantitative estimate of drug-likeness (QED) is 0.675. The molecule has 0 aliphatic heterocycles. The molecule has 0 radical (unpaired) electrons. The number of ether oxygens (including phenoxy) is 1. The lowest BCUT2D eigenvalue weighted by Crippen LogP contribution is -2.21. The minimum absolute atomic E-state index is 0.209. The number of nitrogens with one attached hydrogen (secondary N) is 1. The Hall–Kier alpha value is -2.44. The molecule has 1 unspecified atom stereocenters. The summed E-state index contributed by atoms with van der Waals surface area (Å²) in [7, 11) is 0. The van der Waals surface area contributed by atoms with Crippen LogP contribution in [0, 0.1) is 0 Å². The van der Waals surface area contributed by atoms with Crippen LogP contribution in [0.4, 0.5) is 0 Å². The summed E-state index contributed by atoms with van der Waals surface area (Å²) in [5.41, 5.74) is 8.11. The normalized spacial score (nSPS) is 16.0. The van der Waals surface area contributed by atoms with Crippen LogP contribution >= 0.6 is 0 Å². The highest BCUT2D eigenvalue weighted by atomic mass is 16.5. The van der Waals surface area contributed by atoms with Crippen LogP contribution in [-0.2, 0) is 6.42 Å². The number of carbonyl (C=O) groups is 1. The second-order valence-corrected chi connectivity index (χ2v) is 5.83. The van der Waals surface area contributed by atoms with Gasteiger partial charge >= 0.3 is 0 Å². The van der Waals surface area contributed by atoms with Crippen molar-refractivity contribution in [1.29, 1.82) is 0 Å². The van der Waals surface area contributed by atoms with Gasteiger partial charge in [0.1, 0.15) is 5.75 Å². The number of carbonyl (C=O) groups excluding carboxylic acids is 1. The Bertz CT molecular complexity index is 716. The average Bonchev–Trinajstić information content (AvgIpc) is 2.98. The first-order valence-corrected chi connectivity index (χ1v) is 8.08. The second-order valence-electron chi connectivity index (χ2n) is 5.83. The van der Waals surface area contributed by atoms with Crippen LogP contribution in [-0.4, -0.2) is 29.1 Å². The van der Waals surface area contributed by atoms with Gasteiger partial charge in [-0.3, -0.25) is 4.79 Å². The topological polar surface area (TPSA) is 97.5 Å². The summed E-state index contributed by atoms with van der Waals surface area (Å²) in [5, 5.41) is 12.3. The second kappa shape index (κ2) is 7.42. The van der Waals surface area contributed by atoms with Crippen molar-refractivity contribution in [1.82, 2.24) is 10.3 Å². The predicted octanol–water partition coefficient (Wildman–Crippen LogP) is 1.93. The molecular formula is C18H21N3O3. The number of benzene rings is 1. The largest absolute Gasteiger partial charge is 0.439 e. The number of nitrogens with two attached hydrogens (primary N) is 1. The van der Waals surface area contributed by atoms with Gasteiger partial charge in [-0.2, -0.15) is 0 Å². The smallest absolute Gasteiger partial charge is 0.250 e. The van der Waals surface area contributed by atoms with Gasteiger partial charge in [0.2, 0.25) is 11.8 Å². The van der Waals surface area contributed by atoms with E-state index in [1.807, 2.05) is 12.1 Å². The lowest BCUT2D eigenvalue weighted by atomic mass is 10.1. The van der Waals surface area contributed by atoms with Crippen LogP contribution in [0.5, 0.6) is 11.6 Å². The van der Waals surface area contributed by atoms with Gasteiger partial charge in [0.25, 0.3) is 0 Å². The van der Waals surface area contributed by atoms with Gasteiger partial charge in [-0.05, 0) is 55.1 Å². The maximum atomic E-state index is 11.0. The molecule has 3 rings (SSSR count). The number of fused-ring (bicyclic) bond motifs is 1. The molecule has 0 fully saturated rings. The molecule has 6 heteroatoms. The van der Waals surface area contributed by atoms with Crippen molar-refractivity contribution in [3.63, 3.8) is 0 Å². The van der Waals surface area contributed by atoms with Gasteiger partial charge < -0.3 is 20.9 Å². The van der Waals surface area contributed by atoms with E-state index in [9.17, 15) is 4.79 Å². The number of nitrogens with zero attached hydrogens (tertiary/aromatic N) is 1. The molecule has 0 saturated carbocycles. The summed E-state index contributed by atoms with van der Waals surface area (Å²) < 4.78 is 5.76. The molecule has 1 atom stereocenters. The molecule has 1 amide bonds. The fourth-order valence-corrected chi connectivity index (χ4v) is 2.93. The fourth-order valence-electron chi connectivity index (χ4n) is 2.93. The van der Waals surface area contributed by atoms with Gasteiger partial charge in [0.05, 0.1) is 5.56 Å². The lowest BCUT2D eigenvalue weighted by molar-refractivity contribution is 0.1000. The summed E-state index contributed by atoms with van der Waals surface area (Å²) in [6.45, 7) is 1.02. The van der Waals surface area contributed by atoms with Gasteiger partial charge in [-0.25, -0.2) is 4.98 Å². The number of primary amides is 1. The molecular weight excluding hydrogens is 306 g/mol. The van der Waals surface area contributed by atoms with Gasteiger partial charge in [0, 0.05) is 24.9 Å². The van der Waals surface area contributed by atoms with E-state index in [1.54, 1.807) is 12.1 Å². The molecule has 4 N–H and O–H groups in total. The van der Waals surface area contributed by atoms with Gasteiger partial charge in [-0.1, -0.05) is 6.07 Å². The SMILES string of the molecule is NC(=O)c1ccc(Oc2ccc3c(c2)CCC3NCCCO)nc1. The minimum Gasteiger partial charge on any atom is -0.439 e. The highest BCUT2D eigenvalue weighted by Gasteiger charge is 2.22. The van der Waals surface area contributed by atoms with E-state index < -0.39 is 5.91 Å². The van der Waals surface area contributed by atoms with E-state index in [1.165, 1.54) is 17.3 Å². The van der Waals surface area contributed by atoms with Crippen molar-refractivity contribution in [2.24, 2.45) is 5.73 Å². The number of hydrogen-bond acceptors (Lipinski definition) is 5. The summed E-state index contributed by atoms with van der Waals surface area (Å²) in [4.78, 5) is 15.1. The summed E-state index contributed by atoms with van der Waals surface area (Å²) >= 11 is 0. The van der Waals surface area contributed by atoms with E-state index in [0.717, 1.165) is 31.6 Å². The molecule has 1 aromatic carbocycles. The Kier molecular flexibility index (Phi) is 5.08. The van der Waals surface area contributed by atoms with Crippen molar-refractivity contribution >= 4 is 5.91 Å². The van der Waals surface area contributed by atoms with Crippen LogP contribution in [0.2, 0.25) is 0 Å². The monoisotopic (exact) mass is 327 g/mol. The molecule has 6 nitrogen and oxygen atoms in total. The zero-order chi connectivity index (χ0) is 16.9. The van der Waals surface area contributed by atoms with Crippen LogP contribution in [0.1, 0.15) is 40.4 Å². The molecule has 2 aromatic rings. The van der Waals surface area contributed by atoms with E-state index in [-0.39, 0.29) is 6.61 Å². The fraction of sp³-hybridized carbons (Fsp3) is 0.333. The molecule has 1 heterocycles. The van der Waals surface area contributed by atoms with Crippen molar-refractivity contribution in [3.8, 4) is 11.6 Å². The number of aliphatic hydroxyl groups is 1. The highest BCUT2D eigenvalue weighted by molar-refractivity contribution is 5.92. The Balaban J connectivity index is 1.67. The number of rotatable bonds is 7. The zero-order valence-electron chi connectivity index (χ0n) is 13.4. The average molecular weight is 327 g/mol. The summed E-state index contributed by atoms with van der Waals surface area (Å²) in [6.07, 6.45) is 4.22. The Morgan fingerprint density at radius 3 is 2.96 bits per heavy atom. The number of amides is 1. The van der Waals surface area contributed by atoms with Crippen LogP contribution in [0.15, 0.2) is 36.5 Å². The zero-order valence-corrected chi connectivity index (χ0v) is 13.4. The molecule has 1 aliphatic rings. The molecule has 1 aliphatic carbocycles. The molecule has 24 heavy (non-hydrogen) atoms. The first-order chi connectivity index (χ1) is 11.7. The Morgan fingerprint density at radius 1 is 1.38 bits per heavy atom. The van der Waals surface area contributed by atoms with Crippen molar-refractivity contribution < 1.29 is 14.6 Å². The summed E-state index contributed by atoms with van der Waals surface area (Å²) in [6, 6.07) is 9.60. The van der Waals surface area contributed by atoms with E-state index in [4.69, 9.17) is 15.6 Å². The maximum absolute atomic E-state index is 11.0. The molecule has 0 bridgehead atoms. The van der Waals surface area contributed by atoms with Crippen LogP contribution < -0.4 is 15.8 Å². The van der Waals surface area contributed by atoms with Crippen molar-refractivity contribution in [2.45, 2.75) is 25.3 Å². The predicted molar refractivity (Wildman–Crippen MR) is 90.0 cm³/mol. The van der Waals surface area contributed by atoms with E-state index in [2.05, 4.69) is 16.4 Å². The van der Waals surface area contributed by atoms with E-state index >= 15 is 0 Å². The number of aromatic nitrogens is 1. The number of pyridine rings is 1. The van der Waals surface area contributed by atoms with E-state index in [0.29, 0.717) is 17.5 Å². The van der Waals surface area contributed by atoms with Crippen LogP contribution in [0.25, 0.3) is 0 Å². The minimum atomic E-state index is -0.508. The van der Waals surface area contributed by atoms with Crippen molar-refractivity contribution in [2.75, 3.05) is 13.2 Å². The third-order valence-corrected chi connectivity index (χ3v) is 4.16. The third kappa shape index (κ3) is 3.72. The third-order valence-electron chi connectivity index (χ3n) is 4.16. The first-order valence-electron chi connectivity index (χ1n) is 8.08. The molecule has 0 saturated heterocycles. The standard InChI is InChI=1S/C18H21N3O3/c19-18(23)13-3-7-17(21-11-13)24-14-4-5-15-12(10-14)2-6-16(15)20-8-1-9-22/h3-5,7,10-11,16,20,22H,1-2,6,8-9H2,(H2,19,23). The molecule has 0 spiro atoms. The maximum Gasteiger partial charge on any atom is 0.250 e. The number of hydrogen-bond donors (Lipinski definition) is 3. The van der Waals surface area contributed by atoms with Crippen LogP contribution in [0.3, 0.4) is 0 Å². The molecule has 126 valence electrons. The van der Waals surface area contributed by atoms with Gasteiger partial charge in [0.15, 0.2) is 0 Å².